The summed E-state index contributed by atoms with van der Waals surface area (Å²) in [6.07, 6.45) is -1.15. The number of aromatic nitrogens is 2. The maximum absolute atomic E-state index is 13.8. The van der Waals surface area contributed by atoms with E-state index in [0.29, 0.717) is 35.5 Å². The number of benzene rings is 1. The fourth-order valence-corrected chi connectivity index (χ4v) is 7.12. The molecule has 2 atom stereocenters. The zero-order chi connectivity index (χ0) is 36.7. The Kier molecular flexibility index (Phi) is 13.2. The molecule has 0 saturated carbocycles. The molecule has 3 aliphatic heterocycles. The molecule has 50 heavy (non-hydrogen) atoms. The first kappa shape index (κ1) is 39.0. The molecule has 1 aromatic carbocycles. The van der Waals surface area contributed by atoms with Crippen LogP contribution in [0.15, 0.2) is 24.5 Å². The predicted octanol–water partition coefficient (Wildman–Crippen LogP) is 4.30. The van der Waals surface area contributed by atoms with E-state index in [0.717, 1.165) is 87.7 Å². The van der Waals surface area contributed by atoms with Crippen LogP contribution in [0.2, 0.25) is 5.02 Å². The number of carboxylic acids is 2. The SMILES string of the molecule is Cc1ccc(N(CCCN2CC3CN(C(=O)c4c(C)ncnc4C)CC3C2)C(=O)C2CCN(CCC(=O)O)CC2)cc1Cl.O=C(O)C(F)(F)F. The highest BCUT2D eigenvalue weighted by atomic mass is 35.5. The van der Waals surface area contributed by atoms with Gasteiger partial charge in [0.15, 0.2) is 0 Å². The molecular formula is C34H44ClF3N6O6. The van der Waals surface area contributed by atoms with Crippen LogP contribution in [0.4, 0.5) is 18.9 Å². The zero-order valence-electron chi connectivity index (χ0n) is 28.5. The number of likely N-dealkylation sites (tertiary alicyclic amines) is 3. The molecule has 3 aliphatic rings. The minimum Gasteiger partial charge on any atom is -0.481 e. The van der Waals surface area contributed by atoms with Gasteiger partial charge in [0.05, 0.1) is 23.4 Å². The van der Waals surface area contributed by atoms with Gasteiger partial charge in [-0.2, -0.15) is 13.2 Å². The quantitative estimate of drug-likeness (QED) is 0.364. The van der Waals surface area contributed by atoms with Crippen LogP contribution in [-0.2, 0) is 14.4 Å². The molecule has 0 aliphatic carbocycles. The van der Waals surface area contributed by atoms with Gasteiger partial charge in [-0.1, -0.05) is 17.7 Å². The summed E-state index contributed by atoms with van der Waals surface area (Å²) >= 11 is 6.47. The lowest BCUT2D eigenvalue weighted by Gasteiger charge is -2.34. The van der Waals surface area contributed by atoms with Crippen LogP contribution >= 0.6 is 11.6 Å². The number of aliphatic carboxylic acids is 2. The van der Waals surface area contributed by atoms with Gasteiger partial charge in [-0.05, 0) is 89.2 Å². The smallest absolute Gasteiger partial charge is 0.481 e. The number of fused-ring (bicyclic) bond motifs is 1. The van der Waals surface area contributed by atoms with Gasteiger partial charge in [-0.3, -0.25) is 14.4 Å². The Morgan fingerprint density at radius 1 is 0.920 bits per heavy atom. The number of anilines is 1. The van der Waals surface area contributed by atoms with E-state index < -0.39 is 18.1 Å². The first-order valence-corrected chi connectivity index (χ1v) is 17.0. The average Bonchev–Trinajstić information content (AvgIpc) is 3.62. The van der Waals surface area contributed by atoms with Crippen molar-refractivity contribution in [2.75, 3.05) is 63.8 Å². The Labute approximate surface area is 294 Å². The molecule has 5 rings (SSSR count). The number of carbonyl (C=O) groups is 4. The lowest BCUT2D eigenvalue weighted by atomic mass is 9.94. The number of nitrogens with zero attached hydrogens (tertiary/aromatic N) is 6. The summed E-state index contributed by atoms with van der Waals surface area (Å²) in [5, 5.41) is 16.8. The number of alkyl halides is 3. The first-order valence-electron chi connectivity index (χ1n) is 16.7. The summed E-state index contributed by atoms with van der Waals surface area (Å²) in [7, 11) is 0. The van der Waals surface area contributed by atoms with Crippen molar-refractivity contribution in [2.45, 2.75) is 52.6 Å². The van der Waals surface area contributed by atoms with Crippen molar-refractivity contribution in [3.8, 4) is 0 Å². The Bertz CT molecular complexity index is 1520. The van der Waals surface area contributed by atoms with Gasteiger partial charge in [0.1, 0.15) is 6.33 Å². The van der Waals surface area contributed by atoms with Crippen LogP contribution in [0.25, 0.3) is 0 Å². The summed E-state index contributed by atoms with van der Waals surface area (Å²) in [6, 6.07) is 5.84. The normalized spacial score (nSPS) is 19.9. The lowest BCUT2D eigenvalue weighted by molar-refractivity contribution is -0.192. The minimum absolute atomic E-state index is 0.0372. The summed E-state index contributed by atoms with van der Waals surface area (Å²) in [6.45, 7) is 12.6. The van der Waals surface area contributed by atoms with E-state index >= 15 is 0 Å². The third-order valence-corrected chi connectivity index (χ3v) is 10.1. The van der Waals surface area contributed by atoms with E-state index in [1.807, 2.05) is 48.8 Å². The molecule has 3 saturated heterocycles. The Hall–Kier alpha value is -3.82. The van der Waals surface area contributed by atoms with Crippen molar-refractivity contribution in [1.29, 1.82) is 0 Å². The van der Waals surface area contributed by atoms with Crippen LogP contribution in [0.3, 0.4) is 0 Å². The van der Waals surface area contributed by atoms with Gasteiger partial charge >= 0.3 is 18.1 Å². The van der Waals surface area contributed by atoms with E-state index in [1.54, 1.807) is 0 Å². The highest BCUT2D eigenvalue weighted by Gasteiger charge is 2.42. The second kappa shape index (κ2) is 16.9. The fraction of sp³-hybridized carbons (Fsp3) is 0.588. The molecule has 2 amide bonds. The number of hydrogen-bond donors (Lipinski definition) is 2. The van der Waals surface area contributed by atoms with Crippen molar-refractivity contribution in [3.63, 3.8) is 0 Å². The third-order valence-electron chi connectivity index (χ3n) is 9.70. The van der Waals surface area contributed by atoms with Gasteiger partial charge < -0.3 is 29.8 Å². The van der Waals surface area contributed by atoms with Gasteiger partial charge in [-0.25, -0.2) is 14.8 Å². The van der Waals surface area contributed by atoms with E-state index in [9.17, 15) is 27.6 Å². The van der Waals surface area contributed by atoms with E-state index in [-0.39, 0.29) is 24.2 Å². The number of carbonyl (C=O) groups excluding carboxylic acids is 2. The maximum atomic E-state index is 13.8. The molecule has 3 fully saturated rings. The standard InChI is InChI=1S/C32H43ClN6O4.C2HF3O2/c1-21-5-6-27(15-28(21)33)39(31(42)24-7-12-36(13-8-24)14-9-29(40)41)11-4-10-37-16-25-18-38(19-26(25)17-37)32(43)30-22(2)34-20-35-23(30)3;3-2(4,5)1(6)7/h5-6,15,20,24-26H,4,7-14,16-19H2,1-3H3,(H,40,41);(H,6,7). The van der Waals surface area contributed by atoms with Gasteiger partial charge in [0, 0.05) is 55.9 Å². The maximum Gasteiger partial charge on any atom is 0.490 e. The molecule has 0 radical (unpaired) electrons. The molecule has 4 heterocycles. The third kappa shape index (κ3) is 10.1. The first-order chi connectivity index (χ1) is 23.5. The van der Waals surface area contributed by atoms with Gasteiger partial charge in [-0.15, -0.1) is 0 Å². The number of hydrogen-bond acceptors (Lipinski definition) is 8. The molecule has 0 bridgehead atoms. The van der Waals surface area contributed by atoms with Crippen molar-refractivity contribution < 1.29 is 42.6 Å². The Balaban J connectivity index is 0.000000727. The molecule has 2 N–H and O–H groups in total. The topological polar surface area (TPSA) is 147 Å². The zero-order valence-corrected chi connectivity index (χ0v) is 29.2. The highest BCUT2D eigenvalue weighted by molar-refractivity contribution is 6.31. The number of aryl methyl sites for hydroxylation is 3. The van der Waals surface area contributed by atoms with Crippen molar-refractivity contribution in [1.82, 2.24) is 24.7 Å². The van der Waals surface area contributed by atoms with Crippen LogP contribution in [-0.4, -0.2) is 124 Å². The molecule has 16 heteroatoms. The highest BCUT2D eigenvalue weighted by Crippen LogP contribution is 2.33. The van der Waals surface area contributed by atoms with Crippen molar-refractivity contribution in [2.24, 2.45) is 17.8 Å². The molecule has 2 aromatic rings. The molecular weight excluding hydrogens is 681 g/mol. The van der Waals surface area contributed by atoms with Crippen LogP contribution in [0.5, 0.6) is 0 Å². The van der Waals surface area contributed by atoms with Gasteiger partial charge in [0.2, 0.25) is 5.91 Å². The van der Waals surface area contributed by atoms with Gasteiger partial charge in [0.25, 0.3) is 5.91 Å². The summed E-state index contributed by atoms with van der Waals surface area (Å²) in [5.74, 6) is -2.56. The summed E-state index contributed by atoms with van der Waals surface area (Å²) in [5.41, 5.74) is 3.90. The van der Waals surface area contributed by atoms with Crippen molar-refractivity contribution in [3.05, 3.63) is 52.1 Å². The molecule has 274 valence electrons. The van der Waals surface area contributed by atoms with Crippen LogP contribution < -0.4 is 4.90 Å². The van der Waals surface area contributed by atoms with Crippen LogP contribution in [0.1, 0.15) is 53.0 Å². The Morgan fingerprint density at radius 3 is 2.02 bits per heavy atom. The number of rotatable bonds is 10. The average molecular weight is 725 g/mol. The molecule has 12 nitrogen and oxygen atoms in total. The second-order valence-electron chi connectivity index (χ2n) is 13.2. The largest absolute Gasteiger partial charge is 0.490 e. The number of halogens is 4. The van der Waals surface area contributed by atoms with E-state index in [1.165, 1.54) is 6.33 Å². The van der Waals surface area contributed by atoms with E-state index in [2.05, 4.69) is 19.8 Å². The van der Waals surface area contributed by atoms with Crippen molar-refractivity contribution >= 4 is 41.0 Å². The molecule has 2 unspecified atom stereocenters. The predicted molar refractivity (Wildman–Crippen MR) is 179 cm³/mol. The minimum atomic E-state index is -5.08. The molecule has 1 aromatic heterocycles. The van der Waals surface area contributed by atoms with Crippen LogP contribution in [0, 0.1) is 38.5 Å². The van der Waals surface area contributed by atoms with E-state index in [4.69, 9.17) is 26.6 Å². The second-order valence-corrected chi connectivity index (χ2v) is 13.7. The number of amides is 2. The lowest BCUT2D eigenvalue weighted by Crippen LogP contribution is -2.44. The number of piperidine rings is 1. The molecule has 0 spiro atoms. The fourth-order valence-electron chi connectivity index (χ4n) is 6.95. The summed E-state index contributed by atoms with van der Waals surface area (Å²) < 4.78 is 31.7. The summed E-state index contributed by atoms with van der Waals surface area (Å²) in [4.78, 5) is 63.9. The number of carboxylic acid groups (broad SMARTS) is 2. The Morgan fingerprint density at radius 2 is 1.50 bits per heavy atom. The monoisotopic (exact) mass is 724 g/mol.